The predicted molar refractivity (Wildman–Crippen MR) is 137 cm³/mol. The lowest BCUT2D eigenvalue weighted by Gasteiger charge is -2.32. The maximum absolute atomic E-state index is 13.9. The molecule has 3 aromatic rings. The third kappa shape index (κ3) is 5.00. The number of benzene rings is 3. The van der Waals surface area contributed by atoms with Crippen LogP contribution in [0.5, 0.6) is 0 Å². The molecule has 1 saturated heterocycles. The molecule has 180 valence electrons. The Balaban J connectivity index is 1.64. The number of hydrogen-bond donors (Lipinski definition) is 1. The molecule has 0 aliphatic carbocycles. The summed E-state index contributed by atoms with van der Waals surface area (Å²) in [5.41, 5.74) is 2.72. The summed E-state index contributed by atoms with van der Waals surface area (Å²) < 4.78 is 25.1. The van der Waals surface area contributed by atoms with Crippen molar-refractivity contribution in [3.8, 4) is 0 Å². The largest absolute Gasteiger partial charge is 0.466 e. The van der Waals surface area contributed by atoms with Crippen molar-refractivity contribution in [2.24, 2.45) is 4.99 Å². The lowest BCUT2D eigenvalue weighted by atomic mass is 9.94. The third-order valence-corrected chi connectivity index (χ3v) is 6.98. The van der Waals surface area contributed by atoms with E-state index in [1.54, 1.807) is 6.07 Å². The molecule has 35 heavy (non-hydrogen) atoms. The molecule has 3 aromatic carbocycles. The van der Waals surface area contributed by atoms with Crippen LogP contribution in [-0.4, -0.2) is 56.7 Å². The van der Waals surface area contributed by atoms with Gasteiger partial charge in [-0.05, 0) is 34.5 Å². The van der Waals surface area contributed by atoms with Crippen LogP contribution in [0.15, 0.2) is 81.4 Å². The van der Waals surface area contributed by atoms with E-state index in [0.29, 0.717) is 41.2 Å². The molecule has 5 rings (SSSR count). The smallest absolute Gasteiger partial charge is 0.338 e. The highest BCUT2D eigenvalue weighted by Crippen LogP contribution is 2.37. The third-order valence-electron chi connectivity index (χ3n) is 6.30. The molecule has 2 aliphatic heterocycles. The van der Waals surface area contributed by atoms with Crippen molar-refractivity contribution in [3.05, 3.63) is 93.4 Å². The Hall–Kier alpha value is -3.07. The summed E-state index contributed by atoms with van der Waals surface area (Å²) in [6, 6.07) is 18.0. The molecule has 1 atom stereocenters. The van der Waals surface area contributed by atoms with E-state index in [2.05, 4.69) is 50.4 Å². The Bertz CT molecular complexity index is 1330. The number of morpholine rings is 1. The van der Waals surface area contributed by atoms with Gasteiger partial charge in [-0.25, -0.2) is 9.18 Å². The molecule has 1 fully saturated rings. The zero-order chi connectivity index (χ0) is 24.4. The number of carbonyl (C=O) groups is 1. The standard InChI is InChI=1S/C27H25BrFN3O3/c1-34-27(33)24-23(16-32-10-12-35-13-11-32)30-26(19-7-6-17-4-2-3-5-18(17)14-19)31-25(24)21-9-8-20(29)15-22(21)28/h2-9,14-15,25H,10-13,16H2,1H3,(H,30,31). The van der Waals surface area contributed by atoms with Crippen molar-refractivity contribution >= 4 is 38.5 Å². The second-order valence-electron chi connectivity index (χ2n) is 8.51. The molecule has 0 radical (unpaired) electrons. The lowest BCUT2D eigenvalue weighted by Crippen LogP contribution is -2.43. The summed E-state index contributed by atoms with van der Waals surface area (Å²) in [5, 5.41) is 5.65. The highest BCUT2D eigenvalue weighted by atomic mass is 79.9. The Labute approximate surface area is 211 Å². The summed E-state index contributed by atoms with van der Waals surface area (Å²) in [7, 11) is 1.36. The van der Waals surface area contributed by atoms with Gasteiger partial charge in [0.2, 0.25) is 0 Å². The number of nitrogens with zero attached hydrogens (tertiary/aromatic N) is 2. The first-order chi connectivity index (χ1) is 17.0. The summed E-state index contributed by atoms with van der Waals surface area (Å²) in [6.45, 7) is 3.30. The molecule has 0 bridgehead atoms. The minimum Gasteiger partial charge on any atom is -0.466 e. The SMILES string of the molecule is COC(=O)C1=C(CN2CCOCC2)NC(c2ccc3ccccc3c2)=NC1c1ccc(F)cc1Br. The number of carbonyl (C=O) groups excluding carboxylic acids is 1. The second kappa shape index (κ2) is 10.3. The van der Waals surface area contributed by atoms with Crippen LogP contribution < -0.4 is 5.32 Å². The number of aliphatic imine (C=N–C) groups is 1. The van der Waals surface area contributed by atoms with Crippen molar-refractivity contribution < 1.29 is 18.7 Å². The first-order valence-corrected chi connectivity index (χ1v) is 12.2. The monoisotopic (exact) mass is 537 g/mol. The molecule has 1 unspecified atom stereocenters. The van der Waals surface area contributed by atoms with Crippen LogP contribution >= 0.6 is 15.9 Å². The Morgan fingerprint density at radius 3 is 2.66 bits per heavy atom. The van der Waals surface area contributed by atoms with Crippen molar-refractivity contribution in [3.63, 3.8) is 0 Å². The van der Waals surface area contributed by atoms with Gasteiger partial charge >= 0.3 is 5.97 Å². The van der Waals surface area contributed by atoms with Crippen molar-refractivity contribution in [2.45, 2.75) is 6.04 Å². The van der Waals surface area contributed by atoms with Crippen LogP contribution in [0.3, 0.4) is 0 Å². The number of esters is 1. The van der Waals surface area contributed by atoms with E-state index in [9.17, 15) is 9.18 Å². The maximum atomic E-state index is 13.9. The van der Waals surface area contributed by atoms with Gasteiger partial charge in [0.1, 0.15) is 17.7 Å². The molecule has 0 saturated carbocycles. The van der Waals surface area contributed by atoms with E-state index in [1.165, 1.54) is 19.2 Å². The van der Waals surface area contributed by atoms with Gasteiger partial charge in [0, 0.05) is 35.4 Å². The fraction of sp³-hybridized carbons (Fsp3) is 0.259. The lowest BCUT2D eigenvalue weighted by molar-refractivity contribution is -0.136. The molecule has 2 heterocycles. The molecule has 8 heteroatoms. The van der Waals surface area contributed by atoms with E-state index in [0.717, 1.165) is 35.1 Å². The first-order valence-electron chi connectivity index (χ1n) is 11.4. The van der Waals surface area contributed by atoms with Gasteiger partial charge in [0.05, 0.1) is 25.9 Å². The van der Waals surface area contributed by atoms with Crippen LogP contribution in [0.1, 0.15) is 17.2 Å². The highest BCUT2D eigenvalue weighted by molar-refractivity contribution is 9.10. The molecule has 0 spiro atoms. The fourth-order valence-electron chi connectivity index (χ4n) is 4.49. The average molecular weight is 538 g/mol. The molecule has 1 N–H and O–H groups in total. The Morgan fingerprint density at radius 2 is 1.91 bits per heavy atom. The number of hydrogen-bond acceptors (Lipinski definition) is 6. The van der Waals surface area contributed by atoms with Gasteiger partial charge in [-0.1, -0.05) is 58.4 Å². The van der Waals surface area contributed by atoms with Crippen LogP contribution in [0.25, 0.3) is 10.8 Å². The number of amidine groups is 1. The Morgan fingerprint density at radius 1 is 1.14 bits per heavy atom. The number of rotatable bonds is 5. The summed E-state index contributed by atoms with van der Waals surface area (Å²) in [4.78, 5) is 20.3. The Kier molecular flexibility index (Phi) is 6.95. The zero-order valence-electron chi connectivity index (χ0n) is 19.3. The van der Waals surface area contributed by atoms with Gasteiger partial charge < -0.3 is 14.8 Å². The van der Waals surface area contributed by atoms with Gasteiger partial charge in [0.25, 0.3) is 0 Å². The predicted octanol–water partition coefficient (Wildman–Crippen LogP) is 4.59. The maximum Gasteiger partial charge on any atom is 0.338 e. The number of nitrogens with one attached hydrogen (secondary N) is 1. The van der Waals surface area contributed by atoms with E-state index < -0.39 is 12.0 Å². The van der Waals surface area contributed by atoms with Crippen LogP contribution in [0, 0.1) is 5.82 Å². The number of methoxy groups -OCH3 is 1. The summed E-state index contributed by atoms with van der Waals surface area (Å²) >= 11 is 3.48. The number of ether oxygens (including phenoxy) is 2. The summed E-state index contributed by atoms with van der Waals surface area (Å²) in [5.74, 6) is -0.193. The van der Waals surface area contributed by atoms with E-state index in [-0.39, 0.29) is 5.82 Å². The van der Waals surface area contributed by atoms with E-state index in [1.807, 2.05) is 18.2 Å². The van der Waals surface area contributed by atoms with Gasteiger partial charge in [-0.2, -0.15) is 0 Å². The molecular formula is C27H25BrFN3O3. The summed E-state index contributed by atoms with van der Waals surface area (Å²) in [6.07, 6.45) is 0. The second-order valence-corrected chi connectivity index (χ2v) is 9.36. The normalized spacial score (nSPS) is 18.8. The van der Waals surface area contributed by atoms with Crippen molar-refractivity contribution in [1.29, 1.82) is 0 Å². The zero-order valence-corrected chi connectivity index (χ0v) is 20.8. The van der Waals surface area contributed by atoms with Crippen LogP contribution in [0.4, 0.5) is 4.39 Å². The number of fused-ring (bicyclic) bond motifs is 1. The minimum atomic E-state index is -0.670. The van der Waals surface area contributed by atoms with Gasteiger partial charge in [-0.3, -0.25) is 9.89 Å². The number of halogens is 2. The molecular weight excluding hydrogens is 513 g/mol. The molecule has 6 nitrogen and oxygen atoms in total. The van der Waals surface area contributed by atoms with E-state index in [4.69, 9.17) is 14.5 Å². The van der Waals surface area contributed by atoms with Crippen LogP contribution in [0.2, 0.25) is 0 Å². The van der Waals surface area contributed by atoms with Gasteiger partial charge in [-0.15, -0.1) is 0 Å². The topological polar surface area (TPSA) is 63.2 Å². The molecule has 2 aliphatic rings. The molecule has 0 aromatic heterocycles. The average Bonchev–Trinajstić information content (AvgIpc) is 2.88. The van der Waals surface area contributed by atoms with Crippen molar-refractivity contribution in [1.82, 2.24) is 10.2 Å². The van der Waals surface area contributed by atoms with E-state index >= 15 is 0 Å². The van der Waals surface area contributed by atoms with Crippen LogP contribution in [-0.2, 0) is 14.3 Å². The molecule has 0 amide bonds. The first kappa shape index (κ1) is 23.7. The highest BCUT2D eigenvalue weighted by Gasteiger charge is 2.34. The quantitative estimate of drug-likeness (QED) is 0.482. The fourth-order valence-corrected chi connectivity index (χ4v) is 5.05. The van der Waals surface area contributed by atoms with Gasteiger partial charge in [0.15, 0.2) is 0 Å². The minimum absolute atomic E-state index is 0.370. The van der Waals surface area contributed by atoms with Crippen molar-refractivity contribution in [2.75, 3.05) is 40.0 Å².